The van der Waals surface area contributed by atoms with Crippen molar-refractivity contribution in [1.82, 2.24) is 4.57 Å². The minimum absolute atomic E-state index is 0.125. The second-order valence-electron chi connectivity index (χ2n) is 17.7. The van der Waals surface area contributed by atoms with Crippen molar-refractivity contribution in [2.45, 2.75) is 38.5 Å². The molecule has 0 saturated heterocycles. The van der Waals surface area contributed by atoms with Crippen LogP contribution in [0, 0.1) is 0 Å². The summed E-state index contributed by atoms with van der Waals surface area (Å²) in [7, 11) is 0. The number of fused-ring (bicyclic) bond motifs is 11. The maximum Gasteiger partial charge on any atom is 0.0588 e. The third-order valence-corrected chi connectivity index (χ3v) is 13.8. The Morgan fingerprint density at radius 1 is 0.383 bits per heavy atom. The molecule has 0 aliphatic heterocycles. The predicted molar refractivity (Wildman–Crippen MR) is 254 cm³/mol. The SMILES string of the molecule is CC1(C)c2ccccc2-c2ccc(N(c3ccc(-c4ccccc4)cc3)c3ccc4c5ccc6c(c5n(-c5cccc7ccccc57)c4c3)C(C)(C)c3ccccc3-6)cc21. The van der Waals surface area contributed by atoms with E-state index >= 15 is 0 Å². The summed E-state index contributed by atoms with van der Waals surface area (Å²) in [5.74, 6) is 0. The van der Waals surface area contributed by atoms with E-state index in [0.29, 0.717) is 0 Å². The topological polar surface area (TPSA) is 8.17 Å². The average molecular weight is 769 g/mol. The van der Waals surface area contributed by atoms with Crippen LogP contribution < -0.4 is 4.90 Å². The molecule has 1 aromatic heterocycles. The van der Waals surface area contributed by atoms with Crippen LogP contribution >= 0.6 is 0 Å². The van der Waals surface area contributed by atoms with E-state index in [4.69, 9.17) is 0 Å². The number of rotatable bonds is 5. The van der Waals surface area contributed by atoms with Crippen molar-refractivity contribution in [2.24, 2.45) is 0 Å². The molecule has 0 N–H and O–H groups in total. The lowest BCUT2D eigenvalue weighted by atomic mass is 9.81. The molecule has 0 fully saturated rings. The lowest BCUT2D eigenvalue weighted by Gasteiger charge is -2.28. The molecule has 9 aromatic carbocycles. The molecule has 60 heavy (non-hydrogen) atoms. The Labute approximate surface area is 351 Å². The summed E-state index contributed by atoms with van der Waals surface area (Å²) in [4.78, 5) is 2.46. The number of nitrogens with zero attached hydrogens (tertiary/aromatic N) is 2. The van der Waals surface area contributed by atoms with Crippen LogP contribution in [-0.4, -0.2) is 4.57 Å². The molecule has 2 nitrogen and oxygen atoms in total. The van der Waals surface area contributed by atoms with Gasteiger partial charge in [0.05, 0.1) is 16.7 Å². The molecule has 0 bridgehead atoms. The predicted octanol–water partition coefficient (Wildman–Crippen LogP) is 15.7. The van der Waals surface area contributed by atoms with Crippen molar-refractivity contribution in [3.8, 4) is 39.1 Å². The second kappa shape index (κ2) is 12.7. The third kappa shape index (κ3) is 4.88. The van der Waals surface area contributed by atoms with E-state index in [9.17, 15) is 0 Å². The van der Waals surface area contributed by atoms with Crippen LogP contribution in [0.4, 0.5) is 17.1 Å². The molecular weight excluding hydrogens is 725 g/mol. The van der Waals surface area contributed by atoms with Gasteiger partial charge in [-0.25, -0.2) is 0 Å². The number of benzene rings is 9. The van der Waals surface area contributed by atoms with Crippen LogP contribution in [0.1, 0.15) is 49.9 Å². The Morgan fingerprint density at radius 2 is 0.950 bits per heavy atom. The maximum atomic E-state index is 2.59. The molecule has 1 heterocycles. The van der Waals surface area contributed by atoms with E-state index in [-0.39, 0.29) is 10.8 Å². The van der Waals surface area contributed by atoms with Gasteiger partial charge in [0.1, 0.15) is 0 Å². The zero-order chi connectivity index (χ0) is 40.3. The zero-order valence-corrected chi connectivity index (χ0v) is 34.4. The lowest BCUT2D eigenvalue weighted by molar-refractivity contribution is 0.660. The van der Waals surface area contributed by atoms with Gasteiger partial charge in [-0.05, 0) is 103 Å². The van der Waals surface area contributed by atoms with E-state index in [1.54, 1.807) is 0 Å². The molecule has 10 aromatic rings. The van der Waals surface area contributed by atoms with Gasteiger partial charge in [-0.1, -0.05) is 179 Å². The normalized spacial score (nSPS) is 14.3. The van der Waals surface area contributed by atoms with Gasteiger partial charge in [0.2, 0.25) is 0 Å². The molecule has 0 saturated carbocycles. The van der Waals surface area contributed by atoms with E-state index in [1.807, 2.05) is 0 Å². The highest BCUT2D eigenvalue weighted by Gasteiger charge is 2.39. The summed E-state index contributed by atoms with van der Waals surface area (Å²) in [5.41, 5.74) is 20.0. The van der Waals surface area contributed by atoms with E-state index < -0.39 is 0 Å². The highest BCUT2D eigenvalue weighted by Crippen LogP contribution is 2.54. The number of aromatic nitrogens is 1. The molecule has 0 unspecified atom stereocenters. The van der Waals surface area contributed by atoms with Gasteiger partial charge in [-0.3, -0.25) is 0 Å². The molecule has 2 heteroatoms. The first-order chi connectivity index (χ1) is 29.3. The largest absolute Gasteiger partial charge is 0.310 e. The molecule has 0 amide bonds. The van der Waals surface area contributed by atoms with Crippen molar-refractivity contribution >= 4 is 49.6 Å². The van der Waals surface area contributed by atoms with Crippen LogP contribution in [0.5, 0.6) is 0 Å². The lowest BCUT2D eigenvalue weighted by Crippen LogP contribution is -2.17. The Kier molecular flexibility index (Phi) is 7.36. The maximum absolute atomic E-state index is 2.59. The first-order valence-corrected chi connectivity index (χ1v) is 21.2. The molecule has 0 radical (unpaired) electrons. The molecule has 2 aliphatic rings. The van der Waals surface area contributed by atoms with E-state index in [1.165, 1.54) is 93.9 Å². The fourth-order valence-electron chi connectivity index (χ4n) is 10.9. The Hall–Kier alpha value is -7.16. The summed E-state index contributed by atoms with van der Waals surface area (Å²) in [6.45, 7) is 9.55. The van der Waals surface area contributed by atoms with Crippen molar-refractivity contribution < 1.29 is 0 Å². The van der Waals surface area contributed by atoms with Gasteiger partial charge in [0.25, 0.3) is 0 Å². The first-order valence-electron chi connectivity index (χ1n) is 21.2. The molecule has 12 rings (SSSR count). The Bertz CT molecular complexity index is 3360. The molecule has 286 valence electrons. The molecule has 0 spiro atoms. The van der Waals surface area contributed by atoms with Crippen molar-refractivity contribution in [1.29, 1.82) is 0 Å². The standard InChI is InChI=1S/C58H44N2/c1-57(2)50-22-12-10-20-44(50)46-31-29-41(35-52(46)57)59(40-27-25-38(26-28-40)37-15-6-5-7-16-37)42-30-32-47-49-34-33-48-45-21-11-13-23-51(45)58(3,4)55(48)56(49)60(54(47)36-42)53-24-14-18-39-17-8-9-19-43(39)53/h5-36H,1-4H3. The number of hydrogen-bond acceptors (Lipinski definition) is 1. The van der Waals surface area contributed by atoms with Crippen molar-refractivity contribution in [3.05, 3.63) is 216 Å². The van der Waals surface area contributed by atoms with Crippen molar-refractivity contribution in [2.75, 3.05) is 4.90 Å². The van der Waals surface area contributed by atoms with E-state index in [0.717, 1.165) is 17.1 Å². The zero-order valence-electron chi connectivity index (χ0n) is 34.4. The molecular formula is C58H44N2. The van der Waals surface area contributed by atoms with Gasteiger partial charge in [-0.2, -0.15) is 0 Å². The second-order valence-corrected chi connectivity index (χ2v) is 17.7. The highest BCUT2D eigenvalue weighted by molar-refractivity contribution is 6.15. The quantitative estimate of drug-likeness (QED) is 0.169. The molecule has 0 atom stereocenters. The summed E-state index contributed by atoms with van der Waals surface area (Å²) in [6, 6.07) is 72.2. The van der Waals surface area contributed by atoms with Gasteiger partial charge < -0.3 is 9.47 Å². The Balaban J connectivity index is 1.14. The van der Waals surface area contributed by atoms with Gasteiger partial charge in [-0.15, -0.1) is 0 Å². The summed E-state index contributed by atoms with van der Waals surface area (Å²) in [5, 5.41) is 5.00. The minimum atomic E-state index is -0.188. The van der Waals surface area contributed by atoms with Crippen LogP contribution in [0.2, 0.25) is 0 Å². The fraction of sp³-hybridized carbons (Fsp3) is 0.103. The highest BCUT2D eigenvalue weighted by atomic mass is 15.1. The van der Waals surface area contributed by atoms with Crippen molar-refractivity contribution in [3.63, 3.8) is 0 Å². The van der Waals surface area contributed by atoms with Crippen LogP contribution in [0.25, 0.3) is 71.6 Å². The smallest absolute Gasteiger partial charge is 0.0588 e. The van der Waals surface area contributed by atoms with Crippen LogP contribution in [0.3, 0.4) is 0 Å². The van der Waals surface area contributed by atoms with Gasteiger partial charge in [0, 0.05) is 44.1 Å². The summed E-state index contributed by atoms with van der Waals surface area (Å²) >= 11 is 0. The average Bonchev–Trinajstić information content (AvgIpc) is 3.83. The molecule has 2 aliphatic carbocycles. The third-order valence-electron chi connectivity index (χ3n) is 13.8. The summed E-state index contributed by atoms with van der Waals surface area (Å²) < 4.78 is 2.59. The van der Waals surface area contributed by atoms with Gasteiger partial charge in [0.15, 0.2) is 0 Å². The number of hydrogen-bond donors (Lipinski definition) is 0. The fourth-order valence-corrected chi connectivity index (χ4v) is 10.9. The minimum Gasteiger partial charge on any atom is -0.310 e. The first kappa shape index (κ1) is 34.8. The monoisotopic (exact) mass is 768 g/mol. The Morgan fingerprint density at radius 3 is 1.75 bits per heavy atom. The van der Waals surface area contributed by atoms with Gasteiger partial charge >= 0.3 is 0 Å². The van der Waals surface area contributed by atoms with E-state index in [2.05, 4.69) is 231 Å². The van der Waals surface area contributed by atoms with Crippen LogP contribution in [0.15, 0.2) is 194 Å². The number of anilines is 3. The summed E-state index contributed by atoms with van der Waals surface area (Å²) in [6.07, 6.45) is 0. The van der Waals surface area contributed by atoms with Crippen LogP contribution in [-0.2, 0) is 10.8 Å².